The van der Waals surface area contributed by atoms with Gasteiger partial charge in [-0.05, 0) is 39.6 Å². The molecule has 8 nitrogen and oxygen atoms in total. The fourth-order valence-corrected chi connectivity index (χ4v) is 4.00. The highest BCUT2D eigenvalue weighted by molar-refractivity contribution is 5.99. The van der Waals surface area contributed by atoms with Crippen LogP contribution in [-0.4, -0.2) is 65.3 Å². The molecule has 4 rings (SSSR count). The average Bonchev–Trinajstić information content (AvgIpc) is 2.95. The van der Waals surface area contributed by atoms with E-state index in [0.717, 1.165) is 41.3 Å². The van der Waals surface area contributed by atoms with Crippen LogP contribution in [0.15, 0.2) is 54.4 Å². The maximum absolute atomic E-state index is 12.9. The molecule has 0 radical (unpaired) electrons. The Balaban J connectivity index is 1.46. The molecule has 1 atom stereocenters. The molecule has 1 aliphatic carbocycles. The van der Waals surface area contributed by atoms with Crippen molar-refractivity contribution in [2.45, 2.75) is 19.8 Å². The lowest BCUT2D eigenvalue weighted by molar-refractivity contribution is -0.133. The monoisotopic (exact) mass is 446 g/mol. The van der Waals surface area contributed by atoms with Crippen molar-refractivity contribution in [2.75, 3.05) is 44.4 Å². The predicted octanol–water partition coefficient (Wildman–Crippen LogP) is 2.92. The number of allylic oxidation sites excluding steroid dienone is 2. The van der Waals surface area contributed by atoms with Gasteiger partial charge in [0.25, 0.3) is 0 Å². The molecule has 0 saturated heterocycles. The number of carbonyl (C=O) groups excluding carboxylic acids is 2. The van der Waals surface area contributed by atoms with Crippen molar-refractivity contribution in [3.63, 3.8) is 0 Å². The Morgan fingerprint density at radius 1 is 1.24 bits per heavy atom. The van der Waals surface area contributed by atoms with E-state index in [-0.39, 0.29) is 24.2 Å². The fraction of sp³-hybridized carbons (Fsp3) is 0.360. The largest absolute Gasteiger partial charge is 0.341 e. The molecule has 0 fully saturated rings. The average molecular weight is 447 g/mol. The number of amides is 2. The van der Waals surface area contributed by atoms with Crippen LogP contribution in [-0.2, 0) is 16.0 Å². The van der Waals surface area contributed by atoms with Gasteiger partial charge in [0, 0.05) is 42.7 Å². The summed E-state index contributed by atoms with van der Waals surface area (Å²) < 4.78 is 0. The minimum atomic E-state index is -0.158. The lowest BCUT2D eigenvalue weighted by atomic mass is 9.97. The maximum atomic E-state index is 12.9. The molecule has 1 aromatic heterocycles. The highest BCUT2D eigenvalue weighted by atomic mass is 16.2. The summed E-state index contributed by atoms with van der Waals surface area (Å²) in [6, 6.07) is 7.64. The Kier molecular flexibility index (Phi) is 6.84. The number of carbonyl (C=O) groups is 2. The molecule has 1 aliphatic heterocycles. The van der Waals surface area contributed by atoms with Crippen LogP contribution in [0.4, 0.5) is 11.6 Å². The van der Waals surface area contributed by atoms with Gasteiger partial charge in [0.1, 0.15) is 0 Å². The Labute approximate surface area is 194 Å². The number of rotatable bonds is 7. The molecule has 2 aromatic rings. The number of aromatic nitrogens is 2. The van der Waals surface area contributed by atoms with E-state index in [2.05, 4.69) is 20.5 Å². The van der Waals surface area contributed by atoms with Gasteiger partial charge in [0.15, 0.2) is 0 Å². The van der Waals surface area contributed by atoms with Crippen LogP contribution < -0.4 is 10.6 Å². The number of fused-ring (bicyclic) bond motifs is 3. The van der Waals surface area contributed by atoms with Crippen LogP contribution in [0.5, 0.6) is 0 Å². The Bertz CT molecular complexity index is 1110. The summed E-state index contributed by atoms with van der Waals surface area (Å²) in [6.07, 6.45) is 8.44. The first-order valence-electron chi connectivity index (χ1n) is 11.3. The van der Waals surface area contributed by atoms with Crippen molar-refractivity contribution < 1.29 is 9.59 Å². The molecule has 1 unspecified atom stereocenters. The second-order valence-electron chi connectivity index (χ2n) is 8.54. The number of nitrogens with one attached hydrogen (secondary N) is 2. The number of nitrogens with zero attached hydrogens (tertiary/aromatic N) is 4. The van der Waals surface area contributed by atoms with Gasteiger partial charge in [-0.1, -0.05) is 30.4 Å². The number of hydrogen-bond donors (Lipinski definition) is 2. The predicted molar refractivity (Wildman–Crippen MR) is 130 cm³/mol. The van der Waals surface area contributed by atoms with Crippen molar-refractivity contribution in [2.24, 2.45) is 5.92 Å². The van der Waals surface area contributed by atoms with Gasteiger partial charge in [-0.2, -0.15) is 0 Å². The third-order valence-electron chi connectivity index (χ3n) is 5.86. The Morgan fingerprint density at radius 3 is 2.79 bits per heavy atom. The molecule has 1 aromatic carbocycles. The molecule has 2 aliphatic rings. The molecular weight excluding hydrogens is 416 g/mol. The first-order valence-corrected chi connectivity index (χ1v) is 11.3. The van der Waals surface area contributed by atoms with Crippen LogP contribution in [0.3, 0.4) is 0 Å². The van der Waals surface area contributed by atoms with Crippen molar-refractivity contribution in [1.82, 2.24) is 19.8 Å². The minimum absolute atomic E-state index is 0.0779. The Hall–Kier alpha value is -3.52. The van der Waals surface area contributed by atoms with Crippen molar-refractivity contribution in [3.05, 3.63) is 60.0 Å². The molecule has 0 spiro atoms. The van der Waals surface area contributed by atoms with Gasteiger partial charge in [0.05, 0.1) is 23.7 Å². The zero-order valence-corrected chi connectivity index (χ0v) is 19.3. The molecular formula is C25H30N6O2. The third kappa shape index (κ3) is 5.28. The quantitative estimate of drug-likeness (QED) is 0.680. The highest BCUT2D eigenvalue weighted by Crippen LogP contribution is 2.32. The van der Waals surface area contributed by atoms with Crippen LogP contribution in [0.2, 0.25) is 0 Å². The van der Waals surface area contributed by atoms with E-state index >= 15 is 0 Å². The van der Waals surface area contributed by atoms with Crippen molar-refractivity contribution in [3.8, 4) is 11.3 Å². The molecule has 0 bridgehead atoms. The second kappa shape index (κ2) is 9.95. The number of likely N-dealkylation sites (N-methyl/N-ethyl adjacent to an activating group) is 2. The van der Waals surface area contributed by atoms with Gasteiger partial charge in [-0.3, -0.25) is 9.59 Å². The first-order chi connectivity index (χ1) is 15.9. The lowest BCUT2D eigenvalue weighted by Gasteiger charge is -2.27. The summed E-state index contributed by atoms with van der Waals surface area (Å²) in [4.78, 5) is 38.2. The van der Waals surface area contributed by atoms with E-state index in [1.54, 1.807) is 6.20 Å². The Morgan fingerprint density at radius 2 is 2.06 bits per heavy atom. The molecule has 2 heterocycles. The van der Waals surface area contributed by atoms with Crippen LogP contribution >= 0.6 is 0 Å². The van der Waals surface area contributed by atoms with Crippen molar-refractivity contribution >= 4 is 23.5 Å². The molecule has 2 N–H and O–H groups in total. The summed E-state index contributed by atoms with van der Waals surface area (Å²) in [5, 5.41) is 6.18. The smallest absolute Gasteiger partial charge is 0.229 e. The standard InChI is InChI=1S/C25H30N6O2/c1-4-31(14-13-30(2)3)24(33)17-9-11-19(12-10-17)27-25-26-16-18-15-22(32)28-21-8-6-5-7-20(21)23(18)29-25/h5-9,11-12,16-17H,4,10,13-15H2,1-3H3,(H,28,32)(H,26,27,29). The van der Waals surface area contributed by atoms with E-state index < -0.39 is 0 Å². The van der Waals surface area contributed by atoms with Gasteiger partial charge in [-0.25, -0.2) is 9.97 Å². The second-order valence-corrected chi connectivity index (χ2v) is 8.54. The maximum Gasteiger partial charge on any atom is 0.229 e. The van der Waals surface area contributed by atoms with Gasteiger partial charge in [0.2, 0.25) is 17.8 Å². The van der Waals surface area contributed by atoms with E-state index in [0.29, 0.717) is 18.9 Å². The van der Waals surface area contributed by atoms with E-state index in [4.69, 9.17) is 4.98 Å². The normalized spacial score (nSPS) is 16.9. The third-order valence-corrected chi connectivity index (χ3v) is 5.86. The summed E-state index contributed by atoms with van der Waals surface area (Å²) in [7, 11) is 4.02. The highest BCUT2D eigenvalue weighted by Gasteiger charge is 2.23. The van der Waals surface area contributed by atoms with Gasteiger partial charge < -0.3 is 20.4 Å². The first kappa shape index (κ1) is 22.7. The zero-order chi connectivity index (χ0) is 23.4. The zero-order valence-electron chi connectivity index (χ0n) is 19.3. The summed E-state index contributed by atoms with van der Waals surface area (Å²) in [5.74, 6) is 0.376. The van der Waals surface area contributed by atoms with Gasteiger partial charge in [-0.15, -0.1) is 0 Å². The SMILES string of the molecule is CCN(CCN(C)C)C(=O)C1C=CC(Nc2ncc3c(n2)-c2ccccc2NC(=O)C3)=CC1. The van der Waals surface area contributed by atoms with E-state index in [1.807, 2.05) is 68.4 Å². The van der Waals surface area contributed by atoms with Crippen LogP contribution in [0.25, 0.3) is 11.3 Å². The number of para-hydroxylation sites is 1. The molecule has 172 valence electrons. The number of hydrogen-bond acceptors (Lipinski definition) is 6. The molecule has 8 heteroatoms. The summed E-state index contributed by atoms with van der Waals surface area (Å²) in [5.41, 5.74) is 4.01. The number of anilines is 2. The lowest BCUT2D eigenvalue weighted by Crippen LogP contribution is -2.39. The van der Waals surface area contributed by atoms with E-state index in [1.165, 1.54) is 0 Å². The molecule has 2 amide bonds. The molecule has 33 heavy (non-hydrogen) atoms. The number of benzene rings is 1. The van der Waals surface area contributed by atoms with Crippen LogP contribution in [0, 0.1) is 5.92 Å². The van der Waals surface area contributed by atoms with Gasteiger partial charge >= 0.3 is 0 Å². The summed E-state index contributed by atoms with van der Waals surface area (Å²) >= 11 is 0. The minimum Gasteiger partial charge on any atom is -0.341 e. The summed E-state index contributed by atoms with van der Waals surface area (Å²) in [6.45, 7) is 4.29. The van der Waals surface area contributed by atoms with E-state index in [9.17, 15) is 9.59 Å². The van der Waals surface area contributed by atoms with Crippen molar-refractivity contribution in [1.29, 1.82) is 0 Å². The molecule has 0 saturated carbocycles. The van der Waals surface area contributed by atoms with Crippen LogP contribution in [0.1, 0.15) is 18.9 Å². The fourth-order valence-electron chi connectivity index (χ4n) is 4.00. The topological polar surface area (TPSA) is 90.5 Å².